The Hall–Kier alpha value is -1.76. The number of carbonyl (C=O) groups excluding carboxylic acids is 2. The number of alkyl halides is 3. The zero-order valence-corrected chi connectivity index (χ0v) is 14.7. The molecule has 4 fully saturated rings. The lowest BCUT2D eigenvalue weighted by Gasteiger charge is -2.50. The van der Waals surface area contributed by atoms with Gasteiger partial charge in [-0.15, -0.1) is 0 Å². The topological polar surface area (TPSA) is 168 Å². The van der Waals surface area contributed by atoms with E-state index in [1.807, 2.05) is 0 Å². The van der Waals surface area contributed by atoms with E-state index in [4.69, 9.17) is 11.5 Å². The van der Waals surface area contributed by atoms with E-state index in [9.17, 15) is 37.8 Å². The Kier molecular flexibility index (Phi) is 3.65. The van der Waals surface area contributed by atoms with Gasteiger partial charge in [-0.25, -0.2) is 0 Å². The van der Waals surface area contributed by atoms with Crippen LogP contribution in [0, 0.1) is 22.7 Å². The minimum atomic E-state index is -5.56. The number of hydrogen-bond donors (Lipinski definition) is 6. The Morgan fingerprint density at radius 3 is 2.14 bits per heavy atom. The van der Waals surface area contributed by atoms with E-state index in [0.29, 0.717) is 6.54 Å². The molecule has 12 heteroatoms. The number of Topliss-reactive ketones (excluding diaryl/α,β-unsaturated/α-hetero) is 1. The lowest BCUT2D eigenvalue weighted by Crippen LogP contribution is -2.80. The zero-order valence-electron chi connectivity index (χ0n) is 14.7. The highest BCUT2D eigenvalue weighted by atomic mass is 19.4. The van der Waals surface area contributed by atoms with Crippen LogP contribution in [-0.4, -0.2) is 70.9 Å². The molecule has 1 amide bonds. The molecule has 7 unspecified atom stereocenters. The molecular formula is C16H21F3N4O5. The van der Waals surface area contributed by atoms with Gasteiger partial charge < -0.3 is 32.3 Å². The van der Waals surface area contributed by atoms with E-state index in [-0.39, 0.29) is 25.9 Å². The number of halogens is 3. The number of primary amides is 1. The highest BCUT2D eigenvalue weighted by Crippen LogP contribution is 2.73. The maximum Gasteiger partial charge on any atom is 0.453 e. The summed E-state index contributed by atoms with van der Waals surface area (Å²) in [5.41, 5.74) is 1.52. The van der Waals surface area contributed by atoms with Crippen molar-refractivity contribution in [1.82, 2.24) is 10.6 Å². The molecule has 2 aliphatic carbocycles. The van der Waals surface area contributed by atoms with Crippen LogP contribution in [0.3, 0.4) is 0 Å². The van der Waals surface area contributed by atoms with Crippen LogP contribution < -0.4 is 22.1 Å². The highest BCUT2D eigenvalue weighted by Gasteiger charge is 2.89. The molecule has 8 N–H and O–H groups in total. The monoisotopic (exact) mass is 406 g/mol. The number of carbonyl (C=O) groups is 3. The van der Waals surface area contributed by atoms with Crippen molar-refractivity contribution in [2.45, 2.75) is 36.2 Å². The molecule has 28 heavy (non-hydrogen) atoms. The van der Waals surface area contributed by atoms with Gasteiger partial charge in [0.15, 0.2) is 11.1 Å². The van der Waals surface area contributed by atoms with Crippen LogP contribution in [0.4, 0.5) is 13.2 Å². The SMILES string of the molecule is NC(=O)C1NCC2CC21C(O)(C(=O)C(F)(F)F)C(N)(C(=O)O)C12CNCC1C2. The number of carboxylic acid groups (broad SMARTS) is 1. The third-order valence-electron chi connectivity index (χ3n) is 7.54. The maximum atomic E-state index is 13.6. The third kappa shape index (κ3) is 1.89. The standard InChI is InChI=1S/C16H21F3N4O5/c17-16(18,19)10(25)15(28,13-2-7(13)4-23-8(13)9(20)24)14(21,11(26)27)12-1-6(12)3-22-5-12/h6-8,22-23,28H,1-5,21H2,(H2,20,24)(H,26,27). The van der Waals surface area contributed by atoms with E-state index in [1.54, 1.807) is 0 Å². The number of carboxylic acids is 1. The summed E-state index contributed by atoms with van der Waals surface area (Å²) in [4.78, 5) is 36.9. The molecule has 7 atom stereocenters. The first kappa shape index (κ1) is 19.6. The van der Waals surface area contributed by atoms with Crippen LogP contribution in [0.15, 0.2) is 0 Å². The minimum Gasteiger partial charge on any atom is -0.480 e. The van der Waals surface area contributed by atoms with E-state index < -0.39 is 63.7 Å². The van der Waals surface area contributed by atoms with E-state index >= 15 is 0 Å². The Labute approximate surface area is 157 Å². The van der Waals surface area contributed by atoms with Crippen LogP contribution >= 0.6 is 0 Å². The van der Waals surface area contributed by atoms with Crippen molar-refractivity contribution < 1.29 is 37.8 Å². The molecule has 4 rings (SSSR count). The fourth-order valence-electron chi connectivity index (χ4n) is 6.05. The van der Waals surface area contributed by atoms with E-state index in [1.165, 1.54) is 0 Å². The van der Waals surface area contributed by atoms with Crippen molar-refractivity contribution in [2.24, 2.45) is 34.1 Å². The molecule has 0 bridgehead atoms. The lowest BCUT2D eigenvalue weighted by atomic mass is 9.57. The summed E-state index contributed by atoms with van der Waals surface area (Å²) in [5.74, 6) is -6.75. The molecule has 156 valence electrons. The molecule has 0 aromatic rings. The number of amides is 1. The summed E-state index contributed by atoms with van der Waals surface area (Å²) in [6.45, 7) is 0.283. The number of nitrogens with one attached hydrogen (secondary N) is 2. The highest BCUT2D eigenvalue weighted by molar-refractivity contribution is 6.03. The number of aliphatic hydroxyl groups is 1. The summed E-state index contributed by atoms with van der Waals surface area (Å²) in [5, 5.41) is 27.0. The molecule has 0 radical (unpaired) electrons. The summed E-state index contributed by atoms with van der Waals surface area (Å²) in [6, 6.07) is -1.50. The number of piperidine rings is 2. The molecule has 2 saturated carbocycles. The Morgan fingerprint density at radius 2 is 1.75 bits per heavy atom. The largest absolute Gasteiger partial charge is 0.480 e. The van der Waals surface area contributed by atoms with Gasteiger partial charge in [0.1, 0.15) is 0 Å². The molecule has 2 aliphatic heterocycles. The number of hydrogen-bond acceptors (Lipinski definition) is 7. The van der Waals surface area contributed by atoms with Crippen molar-refractivity contribution in [3.63, 3.8) is 0 Å². The Morgan fingerprint density at radius 1 is 1.11 bits per heavy atom. The van der Waals surface area contributed by atoms with Gasteiger partial charge >= 0.3 is 12.1 Å². The summed E-state index contributed by atoms with van der Waals surface area (Å²) in [7, 11) is 0. The number of fused-ring (bicyclic) bond motifs is 2. The lowest BCUT2D eigenvalue weighted by molar-refractivity contribution is -0.217. The van der Waals surface area contributed by atoms with Gasteiger partial charge in [0, 0.05) is 17.4 Å². The number of nitrogens with two attached hydrogens (primary N) is 2. The smallest absolute Gasteiger partial charge is 0.453 e. The normalized spacial score (nSPS) is 42.7. The van der Waals surface area contributed by atoms with Gasteiger partial charge in [-0.05, 0) is 37.8 Å². The summed E-state index contributed by atoms with van der Waals surface area (Å²) >= 11 is 0. The van der Waals surface area contributed by atoms with Crippen molar-refractivity contribution in [3.8, 4) is 0 Å². The van der Waals surface area contributed by atoms with Crippen LogP contribution in [0.1, 0.15) is 12.8 Å². The average molecular weight is 406 g/mol. The van der Waals surface area contributed by atoms with E-state index in [2.05, 4.69) is 10.6 Å². The average Bonchev–Trinajstić information content (AvgIpc) is 3.42. The van der Waals surface area contributed by atoms with Crippen molar-refractivity contribution in [1.29, 1.82) is 0 Å². The molecule has 2 saturated heterocycles. The zero-order chi connectivity index (χ0) is 20.9. The van der Waals surface area contributed by atoms with Gasteiger partial charge in [-0.2, -0.15) is 13.2 Å². The van der Waals surface area contributed by atoms with Crippen LogP contribution in [0.2, 0.25) is 0 Å². The quantitative estimate of drug-likeness (QED) is 0.286. The van der Waals surface area contributed by atoms with Gasteiger partial charge in [0.2, 0.25) is 5.91 Å². The first-order valence-electron chi connectivity index (χ1n) is 8.90. The van der Waals surface area contributed by atoms with E-state index in [0.717, 1.165) is 0 Å². The number of aliphatic carboxylic acids is 1. The first-order valence-corrected chi connectivity index (χ1v) is 8.90. The molecule has 2 heterocycles. The Balaban J connectivity index is 1.96. The second kappa shape index (κ2) is 5.23. The predicted octanol–water partition coefficient (Wildman–Crippen LogP) is -2.30. The molecular weight excluding hydrogens is 385 g/mol. The predicted molar refractivity (Wildman–Crippen MR) is 85.5 cm³/mol. The van der Waals surface area contributed by atoms with Crippen LogP contribution in [0.25, 0.3) is 0 Å². The minimum absolute atomic E-state index is 0.0193. The first-order chi connectivity index (χ1) is 12.8. The molecule has 0 aromatic carbocycles. The van der Waals surface area contributed by atoms with Gasteiger partial charge in [-0.1, -0.05) is 0 Å². The summed E-state index contributed by atoms with van der Waals surface area (Å²) in [6.07, 6.45) is -5.56. The van der Waals surface area contributed by atoms with Gasteiger partial charge in [0.25, 0.3) is 5.78 Å². The van der Waals surface area contributed by atoms with Crippen molar-refractivity contribution >= 4 is 17.7 Å². The summed E-state index contributed by atoms with van der Waals surface area (Å²) < 4.78 is 40.9. The maximum absolute atomic E-state index is 13.6. The van der Waals surface area contributed by atoms with Crippen LogP contribution in [-0.2, 0) is 14.4 Å². The molecule has 9 nitrogen and oxygen atoms in total. The number of ketones is 1. The second-order valence-electron chi connectivity index (χ2n) is 8.52. The van der Waals surface area contributed by atoms with Crippen molar-refractivity contribution in [3.05, 3.63) is 0 Å². The number of rotatable bonds is 6. The molecule has 0 spiro atoms. The Bertz CT molecular complexity index is 793. The second-order valence-corrected chi connectivity index (χ2v) is 8.52. The molecule has 4 aliphatic rings. The fraction of sp³-hybridized carbons (Fsp3) is 0.812. The van der Waals surface area contributed by atoms with Gasteiger partial charge in [0.05, 0.1) is 6.04 Å². The van der Waals surface area contributed by atoms with Crippen LogP contribution in [0.5, 0.6) is 0 Å². The van der Waals surface area contributed by atoms with Gasteiger partial charge in [-0.3, -0.25) is 14.4 Å². The third-order valence-corrected chi connectivity index (χ3v) is 7.54. The molecule has 0 aromatic heterocycles. The fourth-order valence-corrected chi connectivity index (χ4v) is 6.05. The van der Waals surface area contributed by atoms with Crippen molar-refractivity contribution in [2.75, 3.05) is 19.6 Å².